The van der Waals surface area contributed by atoms with E-state index in [0.717, 1.165) is 20.2 Å². The van der Waals surface area contributed by atoms with Crippen LogP contribution in [0.25, 0.3) is 6.08 Å². The molecule has 2 aliphatic rings. The highest BCUT2D eigenvalue weighted by molar-refractivity contribution is 7.87. The number of hydrogen-bond acceptors (Lipinski definition) is 2. The van der Waals surface area contributed by atoms with E-state index in [2.05, 4.69) is 0 Å². The maximum atomic E-state index is 12.6. The van der Waals surface area contributed by atoms with Crippen molar-refractivity contribution in [1.29, 1.82) is 0 Å². The highest BCUT2D eigenvalue weighted by atomic mass is 32.2. The van der Waals surface area contributed by atoms with Gasteiger partial charge in [0.15, 0.2) is 5.78 Å². The number of benzene rings is 1. The van der Waals surface area contributed by atoms with Gasteiger partial charge in [-0.25, -0.2) is 0 Å². The van der Waals surface area contributed by atoms with Crippen LogP contribution in [0.5, 0.6) is 0 Å². The van der Waals surface area contributed by atoms with Crippen LogP contribution < -0.4 is 5.22 Å². The van der Waals surface area contributed by atoms with Crippen LogP contribution >= 0.6 is 0 Å². The Morgan fingerprint density at radius 3 is 2.78 bits per heavy atom. The van der Waals surface area contributed by atoms with Crippen molar-refractivity contribution in [3.8, 4) is 0 Å². The molecular weight excluding hydrogens is 244 g/mol. The Labute approximate surface area is 108 Å². The number of allylic oxidation sites excluding steroid dienone is 3. The first-order valence-electron chi connectivity index (χ1n) is 5.98. The Balaban J connectivity index is 2.40. The fourth-order valence-corrected chi connectivity index (χ4v) is 4.21. The van der Waals surface area contributed by atoms with Crippen LogP contribution in [0.1, 0.15) is 13.8 Å². The molecule has 0 spiro atoms. The number of rotatable bonds is 0. The van der Waals surface area contributed by atoms with Crippen molar-refractivity contribution in [2.75, 3.05) is 0 Å². The highest BCUT2D eigenvalue weighted by Gasteiger charge is 2.29. The van der Waals surface area contributed by atoms with Crippen LogP contribution in [0.3, 0.4) is 0 Å². The summed E-state index contributed by atoms with van der Waals surface area (Å²) in [7, 11) is -1.64. The molecule has 0 amide bonds. The fraction of sp³-hybridized carbons (Fsp3) is 0.200. The maximum absolute atomic E-state index is 12.6. The molecule has 0 fully saturated rings. The Kier molecular flexibility index (Phi) is 2.61. The van der Waals surface area contributed by atoms with E-state index < -0.39 is 10.8 Å². The van der Waals surface area contributed by atoms with Crippen molar-refractivity contribution < 1.29 is 9.35 Å². The predicted molar refractivity (Wildman–Crippen MR) is 73.9 cm³/mol. The average molecular weight is 258 g/mol. The van der Waals surface area contributed by atoms with Crippen molar-refractivity contribution in [3.05, 3.63) is 56.1 Å². The van der Waals surface area contributed by atoms with Crippen molar-refractivity contribution in [2.45, 2.75) is 13.8 Å². The minimum atomic E-state index is -1.64. The summed E-state index contributed by atoms with van der Waals surface area (Å²) in [5, 5.41) is 0.910. The number of thiol groups is 1. The molecular formula is C15H14O2S. The van der Waals surface area contributed by atoms with Crippen LogP contribution in [0.2, 0.25) is 0 Å². The third kappa shape index (κ3) is 1.55. The number of Topliss-reactive ketones (excluding diaryl/α,β-unsaturated/α-hetero) is 1. The lowest BCUT2D eigenvalue weighted by molar-refractivity contribution is -0.117. The first-order valence-corrected chi connectivity index (χ1v) is 7.24. The van der Waals surface area contributed by atoms with E-state index in [1.54, 1.807) is 0 Å². The predicted octanol–water partition coefficient (Wildman–Crippen LogP) is 1.63. The average Bonchev–Trinajstić information content (AvgIpc) is 2.36. The number of carbonyl (C=O) groups is 1. The van der Waals surface area contributed by atoms with Gasteiger partial charge in [-0.1, -0.05) is 31.2 Å². The molecule has 2 atom stereocenters. The van der Waals surface area contributed by atoms with Gasteiger partial charge in [0.05, 0.1) is 5.57 Å². The summed E-state index contributed by atoms with van der Waals surface area (Å²) in [6.45, 7) is 3.82. The van der Waals surface area contributed by atoms with Crippen molar-refractivity contribution in [2.24, 2.45) is 5.92 Å². The molecule has 92 valence electrons. The molecule has 2 nitrogen and oxygen atoms in total. The Hall–Kier alpha value is -1.45. The van der Waals surface area contributed by atoms with Crippen LogP contribution in [0.15, 0.2) is 46.4 Å². The Bertz CT molecular complexity index is 738. The third-order valence-corrected chi connectivity index (χ3v) is 5.31. The van der Waals surface area contributed by atoms with E-state index in [-0.39, 0.29) is 11.7 Å². The van der Waals surface area contributed by atoms with Gasteiger partial charge in [0, 0.05) is 11.1 Å². The summed E-state index contributed by atoms with van der Waals surface area (Å²) in [5.41, 5.74) is 1.62. The van der Waals surface area contributed by atoms with E-state index in [1.807, 2.05) is 50.3 Å². The van der Waals surface area contributed by atoms with Gasteiger partial charge in [0.25, 0.3) is 0 Å². The second-order valence-electron chi connectivity index (χ2n) is 4.76. The van der Waals surface area contributed by atoms with E-state index in [0.29, 0.717) is 5.57 Å². The van der Waals surface area contributed by atoms with Crippen LogP contribution in [-0.2, 0) is 15.6 Å². The zero-order valence-electron chi connectivity index (χ0n) is 10.3. The molecule has 1 heterocycles. The van der Waals surface area contributed by atoms with Crippen LogP contribution in [0.4, 0.5) is 0 Å². The Morgan fingerprint density at radius 1 is 1.28 bits per heavy atom. The molecule has 0 saturated carbocycles. The van der Waals surface area contributed by atoms with Gasteiger partial charge in [0.2, 0.25) is 0 Å². The first kappa shape index (κ1) is 11.6. The van der Waals surface area contributed by atoms with Gasteiger partial charge in [-0.15, -0.1) is 10.8 Å². The molecule has 1 aromatic rings. The molecule has 2 unspecified atom stereocenters. The van der Waals surface area contributed by atoms with Gasteiger partial charge >= 0.3 is 0 Å². The van der Waals surface area contributed by atoms with Crippen LogP contribution in [-0.4, -0.2) is 10.3 Å². The molecule has 0 bridgehead atoms. The van der Waals surface area contributed by atoms with E-state index in [4.69, 9.17) is 0 Å². The second-order valence-corrected chi connectivity index (χ2v) is 6.28. The minimum absolute atomic E-state index is 0.0773. The summed E-state index contributed by atoms with van der Waals surface area (Å²) in [6, 6.07) is 7.59. The Morgan fingerprint density at radius 2 is 2.00 bits per heavy atom. The lowest BCUT2D eigenvalue weighted by Crippen LogP contribution is -2.25. The van der Waals surface area contributed by atoms with Gasteiger partial charge < -0.3 is 4.55 Å². The molecule has 0 saturated heterocycles. The quantitative estimate of drug-likeness (QED) is 0.403. The monoisotopic (exact) mass is 258 g/mol. The van der Waals surface area contributed by atoms with E-state index in [9.17, 15) is 9.35 Å². The normalized spacial score (nSPS) is 26.2. The highest BCUT2D eigenvalue weighted by Crippen LogP contribution is 2.30. The number of fused-ring (bicyclic) bond motifs is 1. The molecule has 1 aliphatic carbocycles. The van der Waals surface area contributed by atoms with Gasteiger partial charge in [0.1, 0.15) is 9.42 Å². The minimum Gasteiger partial charge on any atom is -0.646 e. The van der Waals surface area contributed by atoms with Gasteiger partial charge in [-0.2, -0.15) is 0 Å². The molecule has 1 aliphatic heterocycles. The summed E-state index contributed by atoms with van der Waals surface area (Å²) in [6.07, 6.45) is 3.80. The SMILES string of the molecule is CC1=CC(C)C(=O)C2=C1[SH+]([O-])=c1ccccc1=C2. The smallest absolute Gasteiger partial charge is 0.174 e. The molecule has 0 aromatic heterocycles. The van der Waals surface area contributed by atoms with Gasteiger partial charge in [-0.3, -0.25) is 4.79 Å². The zero-order valence-corrected chi connectivity index (χ0v) is 11.2. The van der Waals surface area contributed by atoms with Gasteiger partial charge in [-0.05, 0) is 24.6 Å². The van der Waals surface area contributed by atoms with Crippen molar-refractivity contribution >= 4 is 22.6 Å². The summed E-state index contributed by atoms with van der Waals surface area (Å²) >= 11 is 0. The largest absolute Gasteiger partial charge is 0.646 e. The lowest BCUT2D eigenvalue weighted by Gasteiger charge is -2.23. The summed E-state index contributed by atoms with van der Waals surface area (Å²) in [5.74, 6) is -0.0397. The fourth-order valence-electron chi connectivity index (χ4n) is 2.58. The third-order valence-electron chi connectivity index (χ3n) is 3.47. The zero-order chi connectivity index (χ0) is 12.9. The maximum Gasteiger partial charge on any atom is 0.174 e. The summed E-state index contributed by atoms with van der Waals surface area (Å²) < 4.78 is 13.4. The standard InChI is InChI=1S/C15H14O2S/c1-9-7-10(2)15-12(14(9)16)8-11-5-3-4-6-13(11)18(15)17/h3-9,18H,1-2H3. The lowest BCUT2D eigenvalue weighted by atomic mass is 9.90. The van der Waals surface area contributed by atoms with Crippen molar-refractivity contribution in [3.63, 3.8) is 0 Å². The molecule has 0 radical (unpaired) electrons. The molecule has 1 aromatic carbocycles. The number of carbonyl (C=O) groups excluding carboxylic acids is 1. The molecule has 3 heteroatoms. The first-order chi connectivity index (χ1) is 8.59. The second kappa shape index (κ2) is 4.04. The van der Waals surface area contributed by atoms with E-state index >= 15 is 0 Å². The number of ketones is 1. The van der Waals surface area contributed by atoms with Crippen LogP contribution in [0, 0.1) is 10.4 Å². The molecule has 0 N–H and O–H groups in total. The summed E-state index contributed by atoms with van der Waals surface area (Å²) in [4.78, 5) is 12.9. The molecule has 3 rings (SSSR count). The molecule has 18 heavy (non-hydrogen) atoms. The number of hydrogen-bond donors (Lipinski definition) is 0. The topological polar surface area (TPSA) is 40.1 Å². The van der Waals surface area contributed by atoms with Crippen molar-refractivity contribution in [1.82, 2.24) is 0 Å². The van der Waals surface area contributed by atoms with E-state index in [1.165, 1.54) is 0 Å².